The summed E-state index contributed by atoms with van der Waals surface area (Å²) in [4.78, 5) is 5.29. The fourth-order valence-electron chi connectivity index (χ4n) is 1.52. The van der Waals surface area contributed by atoms with E-state index in [1.54, 1.807) is 0 Å². The smallest absolute Gasteiger partial charge is 0.0920 e. The molecular weight excluding hydrogens is 222 g/mol. The van der Waals surface area contributed by atoms with E-state index in [2.05, 4.69) is 5.48 Å². The van der Waals surface area contributed by atoms with Crippen LogP contribution in [0.3, 0.4) is 0 Å². The molecule has 2 N–H and O–H groups in total. The van der Waals surface area contributed by atoms with Crippen LogP contribution in [-0.4, -0.2) is 49.3 Å². The van der Waals surface area contributed by atoms with Crippen molar-refractivity contribution < 1.29 is 19.4 Å². The summed E-state index contributed by atoms with van der Waals surface area (Å²) in [5, 5.41) is 9.61. The number of rotatable bonds is 7. The van der Waals surface area contributed by atoms with Gasteiger partial charge in [0.2, 0.25) is 0 Å². The molecule has 5 nitrogen and oxygen atoms in total. The Balaban J connectivity index is 1.95. The van der Waals surface area contributed by atoms with Gasteiger partial charge in [-0.3, -0.25) is 4.84 Å². The molecule has 0 aliphatic carbocycles. The molecule has 0 aromatic carbocycles. The van der Waals surface area contributed by atoms with Crippen molar-refractivity contribution in [1.29, 1.82) is 0 Å². The molecule has 1 fully saturated rings. The lowest BCUT2D eigenvalue weighted by Gasteiger charge is -2.21. The molecule has 0 amide bonds. The highest BCUT2D eigenvalue weighted by Crippen LogP contribution is 2.11. The van der Waals surface area contributed by atoms with Crippen LogP contribution < -0.4 is 5.48 Å². The molecule has 102 valence electrons. The van der Waals surface area contributed by atoms with E-state index in [9.17, 15) is 5.11 Å². The summed E-state index contributed by atoms with van der Waals surface area (Å²) in [6.45, 7) is 7.90. The maximum atomic E-state index is 9.61. The Labute approximate surface area is 103 Å². The van der Waals surface area contributed by atoms with Gasteiger partial charge in [-0.1, -0.05) is 0 Å². The third kappa shape index (κ3) is 7.68. The van der Waals surface area contributed by atoms with Gasteiger partial charge >= 0.3 is 0 Å². The predicted octanol–water partition coefficient (Wildman–Crippen LogP) is 0.863. The topological polar surface area (TPSA) is 60.0 Å². The predicted molar refractivity (Wildman–Crippen MR) is 64.6 cm³/mol. The summed E-state index contributed by atoms with van der Waals surface area (Å²) in [5.74, 6) is 0. The first-order valence-corrected chi connectivity index (χ1v) is 6.25. The first-order valence-electron chi connectivity index (χ1n) is 6.25. The van der Waals surface area contributed by atoms with Gasteiger partial charge in [0.1, 0.15) is 0 Å². The van der Waals surface area contributed by atoms with Crippen molar-refractivity contribution in [3.63, 3.8) is 0 Å². The van der Waals surface area contributed by atoms with Gasteiger partial charge in [-0.05, 0) is 33.6 Å². The largest absolute Gasteiger partial charge is 0.389 e. The minimum atomic E-state index is -0.557. The number of nitrogens with one attached hydrogen (secondary N) is 1. The average Bonchev–Trinajstić information content (AvgIpc) is 2.68. The molecule has 17 heavy (non-hydrogen) atoms. The molecule has 0 radical (unpaired) electrons. The number of hydrogen-bond donors (Lipinski definition) is 2. The molecule has 1 aliphatic heterocycles. The van der Waals surface area contributed by atoms with Crippen LogP contribution in [-0.2, 0) is 14.3 Å². The molecule has 0 aromatic rings. The van der Waals surface area contributed by atoms with Crippen molar-refractivity contribution in [3.8, 4) is 0 Å². The minimum Gasteiger partial charge on any atom is -0.389 e. The van der Waals surface area contributed by atoms with Gasteiger partial charge in [-0.2, -0.15) is 5.48 Å². The minimum absolute atomic E-state index is 0.209. The van der Waals surface area contributed by atoms with E-state index in [-0.39, 0.29) is 11.7 Å². The van der Waals surface area contributed by atoms with Crippen molar-refractivity contribution in [1.82, 2.24) is 5.48 Å². The number of aliphatic hydroxyl groups is 1. The summed E-state index contributed by atoms with van der Waals surface area (Å²) in [5.41, 5.74) is 2.49. The molecule has 2 atom stereocenters. The second kappa shape index (κ2) is 7.28. The monoisotopic (exact) mass is 247 g/mol. The summed E-state index contributed by atoms with van der Waals surface area (Å²) in [7, 11) is 0. The SMILES string of the molecule is CC(C)(C)ONCC(O)COCC1CCCO1. The van der Waals surface area contributed by atoms with Gasteiger partial charge in [-0.25, -0.2) is 0 Å². The lowest BCUT2D eigenvalue weighted by Crippen LogP contribution is -2.36. The van der Waals surface area contributed by atoms with E-state index in [0.717, 1.165) is 19.4 Å². The number of hydroxylamine groups is 1. The Morgan fingerprint density at radius 2 is 2.24 bits per heavy atom. The van der Waals surface area contributed by atoms with Gasteiger partial charge in [0, 0.05) is 13.2 Å². The molecule has 0 bridgehead atoms. The van der Waals surface area contributed by atoms with E-state index < -0.39 is 6.10 Å². The van der Waals surface area contributed by atoms with Crippen LogP contribution in [0, 0.1) is 0 Å². The first kappa shape index (κ1) is 14.9. The fraction of sp³-hybridized carbons (Fsp3) is 1.00. The number of ether oxygens (including phenoxy) is 2. The molecule has 2 unspecified atom stereocenters. The van der Waals surface area contributed by atoms with Gasteiger partial charge in [0.05, 0.1) is 31.0 Å². The Morgan fingerprint density at radius 1 is 1.47 bits per heavy atom. The first-order chi connectivity index (χ1) is 7.97. The lowest BCUT2D eigenvalue weighted by molar-refractivity contribution is -0.0918. The van der Waals surface area contributed by atoms with Crippen LogP contribution in [0.4, 0.5) is 0 Å². The number of aliphatic hydroxyl groups excluding tert-OH is 1. The second-order valence-electron chi connectivity index (χ2n) is 5.39. The standard InChI is InChI=1S/C12H25NO4/c1-12(2,3)17-13-7-10(14)8-15-9-11-5-4-6-16-11/h10-11,13-14H,4-9H2,1-3H3. The molecule has 0 aromatic heterocycles. The maximum Gasteiger partial charge on any atom is 0.0920 e. The van der Waals surface area contributed by atoms with Gasteiger partial charge in [0.25, 0.3) is 0 Å². The van der Waals surface area contributed by atoms with Crippen LogP contribution in [0.2, 0.25) is 0 Å². The van der Waals surface area contributed by atoms with Crippen LogP contribution in [0.25, 0.3) is 0 Å². The van der Waals surface area contributed by atoms with Gasteiger partial charge in [-0.15, -0.1) is 0 Å². The van der Waals surface area contributed by atoms with Crippen molar-refractivity contribution >= 4 is 0 Å². The summed E-state index contributed by atoms with van der Waals surface area (Å²) >= 11 is 0. The maximum absolute atomic E-state index is 9.61. The highest BCUT2D eigenvalue weighted by molar-refractivity contribution is 4.64. The van der Waals surface area contributed by atoms with E-state index >= 15 is 0 Å². The molecule has 1 rings (SSSR count). The van der Waals surface area contributed by atoms with Crippen LogP contribution in [0.5, 0.6) is 0 Å². The Hall–Kier alpha value is -0.200. The molecule has 1 aliphatic rings. The highest BCUT2D eigenvalue weighted by atomic mass is 16.7. The normalized spacial score (nSPS) is 22.9. The van der Waals surface area contributed by atoms with E-state index in [1.807, 2.05) is 20.8 Å². The van der Waals surface area contributed by atoms with E-state index in [1.165, 1.54) is 0 Å². The summed E-state index contributed by atoms with van der Waals surface area (Å²) in [6, 6.07) is 0. The molecule has 5 heteroatoms. The van der Waals surface area contributed by atoms with E-state index in [0.29, 0.717) is 19.8 Å². The van der Waals surface area contributed by atoms with Crippen molar-refractivity contribution in [2.24, 2.45) is 0 Å². The fourth-order valence-corrected chi connectivity index (χ4v) is 1.52. The second-order valence-corrected chi connectivity index (χ2v) is 5.39. The Kier molecular flexibility index (Phi) is 6.37. The van der Waals surface area contributed by atoms with Gasteiger partial charge < -0.3 is 14.6 Å². The average molecular weight is 247 g/mol. The summed E-state index contributed by atoms with van der Waals surface area (Å²) in [6.07, 6.45) is 1.82. The van der Waals surface area contributed by atoms with Crippen molar-refractivity contribution in [2.45, 2.75) is 51.4 Å². The highest BCUT2D eigenvalue weighted by Gasteiger charge is 2.16. The molecule has 0 saturated carbocycles. The zero-order valence-corrected chi connectivity index (χ0v) is 11.1. The van der Waals surface area contributed by atoms with Gasteiger partial charge in [0.15, 0.2) is 0 Å². The Bertz CT molecular complexity index is 199. The van der Waals surface area contributed by atoms with Crippen LogP contribution in [0.15, 0.2) is 0 Å². The quantitative estimate of drug-likeness (QED) is 0.654. The molecule has 1 saturated heterocycles. The third-order valence-corrected chi connectivity index (χ3v) is 2.34. The third-order valence-electron chi connectivity index (χ3n) is 2.34. The molecule has 1 heterocycles. The lowest BCUT2D eigenvalue weighted by atomic mass is 10.2. The van der Waals surface area contributed by atoms with Crippen molar-refractivity contribution in [2.75, 3.05) is 26.4 Å². The van der Waals surface area contributed by atoms with Crippen molar-refractivity contribution in [3.05, 3.63) is 0 Å². The molecule has 0 spiro atoms. The zero-order valence-electron chi connectivity index (χ0n) is 11.1. The Morgan fingerprint density at radius 3 is 2.82 bits per heavy atom. The van der Waals surface area contributed by atoms with Crippen LogP contribution in [0.1, 0.15) is 33.6 Å². The van der Waals surface area contributed by atoms with Crippen LogP contribution >= 0.6 is 0 Å². The summed E-state index contributed by atoms with van der Waals surface area (Å²) < 4.78 is 10.8. The zero-order chi connectivity index (χ0) is 12.7. The number of hydrogen-bond acceptors (Lipinski definition) is 5. The molecular formula is C12H25NO4. The van der Waals surface area contributed by atoms with E-state index in [4.69, 9.17) is 14.3 Å².